The zero-order valence-corrected chi connectivity index (χ0v) is 15.9. The topological polar surface area (TPSA) is 42.6 Å². The molecule has 0 radical (unpaired) electrons. The van der Waals surface area contributed by atoms with Crippen LogP contribution in [0.25, 0.3) is 16.9 Å². The van der Waals surface area contributed by atoms with Crippen molar-refractivity contribution in [2.45, 2.75) is 6.92 Å². The molecular weight excluding hydrogens is 336 g/mol. The molecule has 1 fully saturated rings. The number of piperazine rings is 1. The molecule has 4 rings (SSSR count). The van der Waals surface area contributed by atoms with Crippen LogP contribution in [0.15, 0.2) is 60.7 Å². The molecule has 0 aliphatic carbocycles. The lowest BCUT2D eigenvalue weighted by atomic mass is 10.0. The Balaban J connectivity index is 1.84. The van der Waals surface area contributed by atoms with Gasteiger partial charge in [-0.05, 0) is 19.1 Å². The SMILES string of the molecule is Cc1nn(-c2ccccc2)c(-c2ccccc2)c1C(=O)N1CC[NH+](C)CC1. The minimum atomic E-state index is 0.0843. The summed E-state index contributed by atoms with van der Waals surface area (Å²) >= 11 is 0. The summed E-state index contributed by atoms with van der Waals surface area (Å²) in [5.74, 6) is 0.0843. The number of hydrogen-bond acceptors (Lipinski definition) is 2. The van der Waals surface area contributed by atoms with Gasteiger partial charge in [0.1, 0.15) is 0 Å². The third-order valence-electron chi connectivity index (χ3n) is 5.23. The van der Waals surface area contributed by atoms with Crippen molar-refractivity contribution in [1.29, 1.82) is 0 Å². The molecule has 0 unspecified atom stereocenters. The number of benzene rings is 2. The van der Waals surface area contributed by atoms with Crippen molar-refractivity contribution in [3.8, 4) is 16.9 Å². The van der Waals surface area contributed by atoms with Gasteiger partial charge in [-0.3, -0.25) is 4.79 Å². The van der Waals surface area contributed by atoms with E-state index in [2.05, 4.69) is 7.05 Å². The number of aromatic nitrogens is 2. The molecule has 3 aromatic rings. The number of amides is 1. The number of quaternary nitrogens is 1. The minimum absolute atomic E-state index is 0.0843. The zero-order valence-electron chi connectivity index (χ0n) is 15.9. The molecule has 0 bridgehead atoms. The molecule has 27 heavy (non-hydrogen) atoms. The molecule has 2 aromatic carbocycles. The Morgan fingerprint density at radius 1 is 0.963 bits per heavy atom. The maximum atomic E-state index is 13.4. The third kappa shape index (κ3) is 3.38. The summed E-state index contributed by atoms with van der Waals surface area (Å²) in [6, 6.07) is 20.1. The number of nitrogens with one attached hydrogen (secondary N) is 1. The molecule has 1 saturated heterocycles. The van der Waals surface area contributed by atoms with E-state index in [1.807, 2.05) is 77.2 Å². The number of carbonyl (C=O) groups is 1. The van der Waals surface area contributed by atoms with Crippen molar-refractivity contribution in [3.63, 3.8) is 0 Å². The highest BCUT2D eigenvalue weighted by molar-refractivity contribution is 6.01. The summed E-state index contributed by atoms with van der Waals surface area (Å²) in [7, 11) is 2.18. The van der Waals surface area contributed by atoms with Crippen LogP contribution < -0.4 is 4.90 Å². The molecule has 2 heterocycles. The smallest absolute Gasteiger partial charge is 0.258 e. The number of hydrogen-bond donors (Lipinski definition) is 1. The van der Waals surface area contributed by atoms with Crippen LogP contribution in [0.3, 0.4) is 0 Å². The first-order chi connectivity index (χ1) is 13.1. The van der Waals surface area contributed by atoms with Gasteiger partial charge in [0, 0.05) is 5.56 Å². The van der Waals surface area contributed by atoms with Gasteiger partial charge in [-0.2, -0.15) is 5.10 Å². The highest BCUT2D eigenvalue weighted by atomic mass is 16.2. The average molecular weight is 361 g/mol. The summed E-state index contributed by atoms with van der Waals surface area (Å²) in [5, 5.41) is 4.75. The van der Waals surface area contributed by atoms with Gasteiger partial charge in [-0.1, -0.05) is 48.5 Å². The van der Waals surface area contributed by atoms with Crippen molar-refractivity contribution in [3.05, 3.63) is 71.9 Å². The molecule has 0 atom stereocenters. The largest absolute Gasteiger partial charge is 0.334 e. The molecule has 1 amide bonds. The molecule has 1 aromatic heterocycles. The Bertz CT molecular complexity index is 926. The van der Waals surface area contributed by atoms with Crippen LogP contribution in [0.1, 0.15) is 16.1 Å². The van der Waals surface area contributed by atoms with Crippen LogP contribution in [-0.4, -0.2) is 53.8 Å². The van der Waals surface area contributed by atoms with Crippen LogP contribution in [0, 0.1) is 6.92 Å². The van der Waals surface area contributed by atoms with E-state index in [0.29, 0.717) is 5.56 Å². The predicted molar refractivity (Wildman–Crippen MR) is 106 cm³/mol. The van der Waals surface area contributed by atoms with Crippen LogP contribution in [0.5, 0.6) is 0 Å². The van der Waals surface area contributed by atoms with E-state index in [-0.39, 0.29) is 5.91 Å². The van der Waals surface area contributed by atoms with Gasteiger partial charge in [-0.25, -0.2) is 4.68 Å². The number of para-hydroxylation sites is 1. The van der Waals surface area contributed by atoms with Gasteiger partial charge in [0.05, 0.1) is 55.9 Å². The molecule has 5 nitrogen and oxygen atoms in total. The number of carbonyl (C=O) groups excluding carboxylic acids is 1. The summed E-state index contributed by atoms with van der Waals surface area (Å²) in [6.45, 7) is 5.47. The fourth-order valence-corrected chi connectivity index (χ4v) is 3.65. The number of likely N-dealkylation sites (N-methyl/N-ethyl adjacent to an activating group) is 1. The molecular formula is C22H25N4O+. The zero-order chi connectivity index (χ0) is 18.8. The van der Waals surface area contributed by atoms with Crippen molar-refractivity contribution >= 4 is 5.91 Å². The summed E-state index contributed by atoms with van der Waals surface area (Å²) < 4.78 is 1.90. The van der Waals surface area contributed by atoms with E-state index in [9.17, 15) is 4.79 Å². The van der Waals surface area contributed by atoms with Crippen LogP contribution >= 0.6 is 0 Å². The molecule has 1 N–H and O–H groups in total. The van der Waals surface area contributed by atoms with Crippen molar-refractivity contribution in [2.75, 3.05) is 33.2 Å². The van der Waals surface area contributed by atoms with Gasteiger partial charge >= 0.3 is 0 Å². The Morgan fingerprint density at radius 2 is 1.56 bits per heavy atom. The third-order valence-corrected chi connectivity index (χ3v) is 5.23. The van der Waals surface area contributed by atoms with E-state index in [0.717, 1.165) is 48.8 Å². The monoisotopic (exact) mass is 361 g/mol. The summed E-state index contributed by atoms with van der Waals surface area (Å²) in [4.78, 5) is 16.9. The first kappa shape index (κ1) is 17.5. The standard InChI is InChI=1S/C22H24N4O/c1-17-20(22(27)25-15-13-24(2)14-16-25)21(18-9-5-3-6-10-18)26(23-17)19-11-7-4-8-12-19/h3-12H,13-16H2,1-2H3/p+1. The van der Waals surface area contributed by atoms with Crippen LogP contribution in [0.4, 0.5) is 0 Å². The highest BCUT2D eigenvalue weighted by Crippen LogP contribution is 2.30. The second-order valence-corrected chi connectivity index (χ2v) is 7.17. The summed E-state index contributed by atoms with van der Waals surface area (Å²) in [6.07, 6.45) is 0. The molecule has 0 saturated carbocycles. The number of aryl methyl sites for hydroxylation is 1. The lowest BCUT2D eigenvalue weighted by Crippen LogP contribution is -3.12. The maximum Gasteiger partial charge on any atom is 0.258 e. The molecule has 1 aliphatic rings. The maximum absolute atomic E-state index is 13.4. The van der Waals surface area contributed by atoms with E-state index in [1.54, 1.807) is 0 Å². The Hall–Kier alpha value is -2.92. The molecule has 138 valence electrons. The first-order valence-corrected chi connectivity index (χ1v) is 9.46. The number of nitrogens with zero attached hydrogens (tertiary/aromatic N) is 3. The van der Waals surface area contributed by atoms with E-state index < -0.39 is 0 Å². The van der Waals surface area contributed by atoms with E-state index >= 15 is 0 Å². The Morgan fingerprint density at radius 3 is 2.19 bits per heavy atom. The van der Waals surface area contributed by atoms with E-state index in [4.69, 9.17) is 5.10 Å². The van der Waals surface area contributed by atoms with Crippen LogP contribution in [0.2, 0.25) is 0 Å². The van der Waals surface area contributed by atoms with Gasteiger partial charge in [0.25, 0.3) is 5.91 Å². The second-order valence-electron chi connectivity index (χ2n) is 7.17. The van der Waals surface area contributed by atoms with Gasteiger partial charge in [-0.15, -0.1) is 0 Å². The fraction of sp³-hybridized carbons (Fsp3) is 0.273. The quantitative estimate of drug-likeness (QED) is 0.773. The Kier molecular flexibility index (Phi) is 4.77. The van der Waals surface area contributed by atoms with Crippen molar-refractivity contribution < 1.29 is 9.69 Å². The molecule has 1 aliphatic heterocycles. The normalized spacial score (nSPS) is 15.1. The van der Waals surface area contributed by atoms with Crippen molar-refractivity contribution in [1.82, 2.24) is 14.7 Å². The minimum Gasteiger partial charge on any atom is -0.334 e. The van der Waals surface area contributed by atoms with E-state index in [1.165, 1.54) is 4.90 Å². The highest BCUT2D eigenvalue weighted by Gasteiger charge is 2.29. The average Bonchev–Trinajstić information content (AvgIpc) is 3.06. The lowest BCUT2D eigenvalue weighted by molar-refractivity contribution is -0.883. The fourth-order valence-electron chi connectivity index (χ4n) is 3.65. The second kappa shape index (κ2) is 7.37. The van der Waals surface area contributed by atoms with Crippen molar-refractivity contribution in [2.24, 2.45) is 0 Å². The predicted octanol–water partition coefficient (Wildman–Crippen LogP) is 1.82. The number of rotatable bonds is 3. The Labute approximate surface area is 159 Å². The van der Waals surface area contributed by atoms with Gasteiger partial charge in [0.15, 0.2) is 0 Å². The molecule has 0 spiro atoms. The summed E-state index contributed by atoms with van der Waals surface area (Å²) in [5.41, 5.74) is 4.32. The van der Waals surface area contributed by atoms with Gasteiger partial charge < -0.3 is 9.80 Å². The first-order valence-electron chi connectivity index (χ1n) is 9.46. The lowest BCUT2D eigenvalue weighted by Gasteiger charge is -2.30. The molecule has 5 heteroatoms. The van der Waals surface area contributed by atoms with Gasteiger partial charge in [0.2, 0.25) is 0 Å². The van der Waals surface area contributed by atoms with Crippen LogP contribution in [-0.2, 0) is 0 Å².